The highest BCUT2D eigenvalue weighted by molar-refractivity contribution is 6.15. The largest absolute Gasteiger partial charge is 0.396 e. The molecule has 7 heteroatoms. The van der Waals surface area contributed by atoms with E-state index < -0.39 is 5.92 Å². The van der Waals surface area contributed by atoms with E-state index in [1.165, 1.54) is 0 Å². The first-order valence-electron chi connectivity index (χ1n) is 14.0. The molecule has 1 fully saturated rings. The highest BCUT2D eigenvalue weighted by atomic mass is 16.3. The highest BCUT2D eigenvalue weighted by Crippen LogP contribution is 2.34. The Hall–Kier alpha value is -3.71. The molecule has 3 N–H and O–H groups in total. The Morgan fingerprint density at radius 2 is 1.92 bits per heavy atom. The molecule has 1 aliphatic heterocycles. The minimum Gasteiger partial charge on any atom is -0.396 e. The third-order valence-electron chi connectivity index (χ3n) is 6.63. The molecule has 2 unspecified atom stereocenters. The lowest BCUT2D eigenvalue weighted by Crippen LogP contribution is -2.53. The summed E-state index contributed by atoms with van der Waals surface area (Å²) in [5.41, 5.74) is 5.19. The van der Waals surface area contributed by atoms with Gasteiger partial charge in [0.2, 0.25) is 5.91 Å². The first-order chi connectivity index (χ1) is 18.9. The van der Waals surface area contributed by atoms with Crippen LogP contribution in [0.25, 0.3) is 5.69 Å². The molecule has 2 heterocycles. The summed E-state index contributed by atoms with van der Waals surface area (Å²) in [4.78, 5) is 15.7. The minimum absolute atomic E-state index is 0.0237. The summed E-state index contributed by atoms with van der Waals surface area (Å²) >= 11 is 0. The van der Waals surface area contributed by atoms with Gasteiger partial charge in [-0.05, 0) is 62.9 Å². The zero-order valence-corrected chi connectivity index (χ0v) is 24.3. The van der Waals surface area contributed by atoms with E-state index in [2.05, 4.69) is 27.4 Å². The van der Waals surface area contributed by atoms with Gasteiger partial charge in [-0.3, -0.25) is 4.79 Å². The second-order valence-corrected chi connectivity index (χ2v) is 9.12. The van der Waals surface area contributed by atoms with E-state index in [-0.39, 0.29) is 18.6 Å². The Labute approximate surface area is 234 Å². The van der Waals surface area contributed by atoms with Gasteiger partial charge in [-0.2, -0.15) is 5.10 Å². The lowest BCUT2D eigenvalue weighted by molar-refractivity contribution is -0.124. The molecule has 0 bridgehead atoms. The average molecular weight is 532 g/mol. The summed E-state index contributed by atoms with van der Waals surface area (Å²) < 4.78 is 1.82. The van der Waals surface area contributed by atoms with E-state index in [0.29, 0.717) is 25.2 Å². The van der Waals surface area contributed by atoms with Crippen LogP contribution >= 0.6 is 0 Å². The second-order valence-electron chi connectivity index (χ2n) is 9.12. The van der Waals surface area contributed by atoms with Gasteiger partial charge in [0.05, 0.1) is 11.4 Å². The van der Waals surface area contributed by atoms with Gasteiger partial charge in [-0.25, -0.2) is 4.68 Å². The molecule has 7 nitrogen and oxygen atoms in total. The molecule has 0 radical (unpaired) electrons. The summed E-state index contributed by atoms with van der Waals surface area (Å²) in [7, 11) is 0. The summed E-state index contributed by atoms with van der Waals surface area (Å²) in [6.07, 6.45) is 14.8. The van der Waals surface area contributed by atoms with Crippen molar-refractivity contribution in [3.8, 4) is 5.69 Å². The second kappa shape index (κ2) is 16.3. The molecule has 210 valence electrons. The van der Waals surface area contributed by atoms with Crippen molar-refractivity contribution in [2.75, 3.05) is 13.2 Å². The Morgan fingerprint density at radius 1 is 1.21 bits per heavy atom. The number of allylic oxidation sites excluding steroid dienone is 6. The van der Waals surface area contributed by atoms with E-state index >= 15 is 0 Å². The number of aliphatic hydroxyl groups excluding tert-OH is 1. The van der Waals surface area contributed by atoms with Crippen LogP contribution in [0.15, 0.2) is 89.9 Å². The van der Waals surface area contributed by atoms with Crippen LogP contribution in [-0.4, -0.2) is 50.6 Å². The Balaban J connectivity index is 0.00000260. The number of aliphatic hydroxyl groups is 1. The maximum atomic E-state index is 13.5. The van der Waals surface area contributed by atoms with Crippen molar-refractivity contribution in [2.24, 2.45) is 5.92 Å². The van der Waals surface area contributed by atoms with Crippen LogP contribution in [-0.2, 0) is 11.3 Å². The average Bonchev–Trinajstić information content (AvgIpc) is 3.50. The van der Waals surface area contributed by atoms with Crippen molar-refractivity contribution >= 4 is 11.6 Å². The molecule has 0 saturated carbocycles. The van der Waals surface area contributed by atoms with Crippen LogP contribution < -0.4 is 5.32 Å². The number of rotatable bonds is 10. The van der Waals surface area contributed by atoms with Crippen molar-refractivity contribution in [3.63, 3.8) is 0 Å². The van der Waals surface area contributed by atoms with Crippen molar-refractivity contribution in [2.45, 2.75) is 67.0 Å². The third kappa shape index (κ3) is 8.14. The number of carbonyl (C=O) groups excluding carboxylic acids is 1. The zero-order chi connectivity index (χ0) is 28.8. The van der Waals surface area contributed by atoms with E-state index in [0.717, 1.165) is 34.5 Å². The van der Waals surface area contributed by atoms with Crippen molar-refractivity contribution < 1.29 is 9.90 Å². The fourth-order valence-corrected chi connectivity index (χ4v) is 4.71. The van der Waals surface area contributed by atoms with Gasteiger partial charge in [0.1, 0.15) is 5.92 Å². The van der Waals surface area contributed by atoms with Gasteiger partial charge in [0.15, 0.2) is 0 Å². The Bertz CT molecular complexity index is 1170. The maximum absolute atomic E-state index is 13.5. The van der Waals surface area contributed by atoms with Gasteiger partial charge in [0, 0.05) is 49.4 Å². The van der Waals surface area contributed by atoms with Crippen LogP contribution in [0.5, 0.6) is 0 Å². The predicted molar refractivity (Wildman–Crippen MR) is 161 cm³/mol. The molecule has 1 aromatic carbocycles. The standard InChI is InChI=1S/C30H39N5O2.C2H6/c1-5-8-11-23(16-19-36)20-32-30(37)28-22(4)34(27(7-3)26(10-6-2)29(28)31)21-24-12-14-25(15-13-24)35-18-9-17-33-35;1-2/h5,7-15,17-18,22,28,31,36H,6,16,19-21H2,1-4H3,(H,32,37);1-2H3/b8-5-,23-11-,26-10+,27-7+,31-29?;. The summed E-state index contributed by atoms with van der Waals surface area (Å²) in [5, 5.41) is 25.7. The van der Waals surface area contributed by atoms with E-state index in [1.807, 2.05) is 101 Å². The maximum Gasteiger partial charge on any atom is 0.231 e. The molecular formula is C32H45N5O2. The number of nitrogens with one attached hydrogen (secondary N) is 2. The minimum atomic E-state index is -0.609. The highest BCUT2D eigenvalue weighted by Gasteiger charge is 2.41. The molecule has 0 aliphatic carbocycles. The number of nitrogens with zero attached hydrogens (tertiary/aromatic N) is 3. The number of aromatic nitrogens is 2. The normalized spacial score (nSPS) is 19.9. The summed E-state index contributed by atoms with van der Waals surface area (Å²) in [5.74, 6) is -0.778. The number of amides is 1. The van der Waals surface area contributed by atoms with Gasteiger partial charge in [-0.1, -0.05) is 63.3 Å². The van der Waals surface area contributed by atoms with Gasteiger partial charge < -0.3 is 20.7 Å². The smallest absolute Gasteiger partial charge is 0.231 e. The number of likely N-dealkylation sites (tertiary alicyclic amines) is 1. The topological polar surface area (TPSA) is 94.2 Å². The molecule has 39 heavy (non-hydrogen) atoms. The van der Waals surface area contributed by atoms with Crippen LogP contribution in [0.2, 0.25) is 0 Å². The van der Waals surface area contributed by atoms with E-state index in [1.54, 1.807) is 6.20 Å². The van der Waals surface area contributed by atoms with Gasteiger partial charge >= 0.3 is 0 Å². The molecule has 1 aliphatic rings. The lowest BCUT2D eigenvalue weighted by atomic mass is 9.81. The number of piperidine rings is 1. The monoisotopic (exact) mass is 531 g/mol. The number of hydrogen-bond donors (Lipinski definition) is 3. The molecule has 3 rings (SSSR count). The molecule has 1 saturated heterocycles. The third-order valence-corrected chi connectivity index (χ3v) is 6.63. The molecular weight excluding hydrogens is 486 g/mol. The lowest BCUT2D eigenvalue weighted by Gasteiger charge is -2.43. The zero-order valence-electron chi connectivity index (χ0n) is 24.3. The Morgan fingerprint density at radius 3 is 2.49 bits per heavy atom. The van der Waals surface area contributed by atoms with Crippen molar-refractivity contribution in [3.05, 3.63) is 95.5 Å². The fraction of sp³-hybridized carbons (Fsp3) is 0.406. The summed E-state index contributed by atoms with van der Waals surface area (Å²) in [6, 6.07) is 9.94. The van der Waals surface area contributed by atoms with E-state index in [9.17, 15) is 9.90 Å². The van der Waals surface area contributed by atoms with Crippen molar-refractivity contribution in [1.82, 2.24) is 20.0 Å². The first kappa shape index (κ1) is 31.5. The number of benzene rings is 1. The van der Waals surface area contributed by atoms with Crippen LogP contribution in [0.1, 0.15) is 59.9 Å². The number of carbonyl (C=O) groups is 1. The van der Waals surface area contributed by atoms with E-state index in [4.69, 9.17) is 5.41 Å². The molecule has 2 aromatic rings. The SMILES string of the molecule is C/C=C\C=C(\CCO)CNC(=O)C1C(=N)C(=C/CC)/C(=C\C)N(Cc2ccc(-n3cccn3)cc2)C1C.CC. The molecule has 0 spiro atoms. The molecule has 1 amide bonds. The van der Waals surface area contributed by atoms with Crippen LogP contribution in [0, 0.1) is 11.3 Å². The predicted octanol–water partition coefficient (Wildman–Crippen LogP) is 5.98. The fourth-order valence-electron chi connectivity index (χ4n) is 4.71. The van der Waals surface area contributed by atoms with Gasteiger partial charge in [-0.15, -0.1) is 0 Å². The van der Waals surface area contributed by atoms with Gasteiger partial charge in [0.25, 0.3) is 0 Å². The van der Waals surface area contributed by atoms with Crippen molar-refractivity contribution in [1.29, 1.82) is 5.41 Å². The Kier molecular flexibility index (Phi) is 13.2. The number of hydrogen-bond acceptors (Lipinski definition) is 5. The summed E-state index contributed by atoms with van der Waals surface area (Å²) in [6.45, 7) is 13.0. The van der Waals surface area contributed by atoms with Crippen LogP contribution in [0.3, 0.4) is 0 Å². The van der Waals surface area contributed by atoms with Crippen LogP contribution in [0.4, 0.5) is 0 Å². The molecule has 2 atom stereocenters. The quantitative estimate of drug-likeness (QED) is 0.329. The first-order valence-corrected chi connectivity index (χ1v) is 14.0. The molecule has 1 aromatic heterocycles.